The summed E-state index contributed by atoms with van der Waals surface area (Å²) in [6.07, 6.45) is 5.17. The summed E-state index contributed by atoms with van der Waals surface area (Å²) in [7, 11) is 0. The van der Waals surface area contributed by atoms with Gasteiger partial charge in [-0.3, -0.25) is 0 Å². The second kappa shape index (κ2) is 11.1. The maximum atomic E-state index is 12.1. The Labute approximate surface area is 149 Å². The van der Waals surface area contributed by atoms with E-state index in [4.69, 9.17) is 9.47 Å². The standard InChI is InChI=1S/C20H27NO4/c1-5-15(4)17-10-8-9-11-18(17)21-14-16(20(23)25-7-3)12-13-19(22)24-6-2/h8-15,21H,5-7H2,1-4H3/b13-12+,16-14-. The van der Waals surface area contributed by atoms with Crippen molar-refractivity contribution in [2.24, 2.45) is 0 Å². The van der Waals surface area contributed by atoms with E-state index in [1.807, 2.05) is 18.2 Å². The van der Waals surface area contributed by atoms with Crippen molar-refractivity contribution in [2.45, 2.75) is 40.0 Å². The smallest absolute Gasteiger partial charge is 0.339 e. The number of hydrogen-bond acceptors (Lipinski definition) is 5. The van der Waals surface area contributed by atoms with Crippen molar-refractivity contribution in [3.05, 3.63) is 53.8 Å². The van der Waals surface area contributed by atoms with Gasteiger partial charge in [0.25, 0.3) is 0 Å². The van der Waals surface area contributed by atoms with E-state index in [2.05, 4.69) is 25.2 Å². The first kappa shape index (κ1) is 20.5. The number of esters is 2. The first-order valence-electron chi connectivity index (χ1n) is 8.60. The summed E-state index contributed by atoms with van der Waals surface area (Å²) in [5, 5.41) is 3.16. The van der Waals surface area contributed by atoms with Gasteiger partial charge in [-0.15, -0.1) is 0 Å². The zero-order valence-corrected chi connectivity index (χ0v) is 15.4. The molecule has 25 heavy (non-hydrogen) atoms. The molecule has 0 heterocycles. The maximum absolute atomic E-state index is 12.1. The molecule has 136 valence electrons. The van der Waals surface area contributed by atoms with Crippen LogP contribution < -0.4 is 5.32 Å². The Hall–Kier alpha value is -2.56. The molecule has 1 N–H and O–H groups in total. The number of hydrogen-bond donors (Lipinski definition) is 1. The van der Waals surface area contributed by atoms with Gasteiger partial charge in [-0.05, 0) is 43.9 Å². The topological polar surface area (TPSA) is 64.6 Å². The molecule has 1 rings (SSSR count). The molecule has 0 aliphatic rings. The van der Waals surface area contributed by atoms with Crippen LogP contribution in [0.15, 0.2) is 48.2 Å². The summed E-state index contributed by atoms with van der Waals surface area (Å²) < 4.78 is 9.87. The van der Waals surface area contributed by atoms with Crippen molar-refractivity contribution in [2.75, 3.05) is 18.5 Å². The van der Waals surface area contributed by atoms with Crippen LogP contribution in [0, 0.1) is 0 Å². The minimum absolute atomic E-state index is 0.244. The molecule has 0 aliphatic carbocycles. The highest BCUT2D eigenvalue weighted by Gasteiger charge is 2.11. The van der Waals surface area contributed by atoms with Crippen molar-refractivity contribution in [1.82, 2.24) is 0 Å². The normalized spacial score (nSPS) is 12.7. The van der Waals surface area contributed by atoms with Gasteiger partial charge in [-0.25, -0.2) is 9.59 Å². The minimum atomic E-state index is -0.503. The van der Waals surface area contributed by atoms with Crippen molar-refractivity contribution in [1.29, 1.82) is 0 Å². The Bertz CT molecular complexity index is 634. The Morgan fingerprint density at radius 3 is 2.40 bits per heavy atom. The fourth-order valence-corrected chi connectivity index (χ4v) is 2.17. The van der Waals surface area contributed by atoms with Crippen LogP contribution in [0.3, 0.4) is 0 Å². The second-order valence-electron chi connectivity index (χ2n) is 5.45. The quantitative estimate of drug-likeness (QED) is 0.413. The zero-order valence-electron chi connectivity index (χ0n) is 15.4. The highest BCUT2D eigenvalue weighted by Crippen LogP contribution is 2.26. The Morgan fingerprint density at radius 1 is 1.08 bits per heavy atom. The molecule has 1 unspecified atom stereocenters. The largest absolute Gasteiger partial charge is 0.463 e. The van der Waals surface area contributed by atoms with Gasteiger partial charge in [-0.1, -0.05) is 32.0 Å². The van der Waals surface area contributed by atoms with E-state index >= 15 is 0 Å². The van der Waals surface area contributed by atoms with E-state index in [0.717, 1.165) is 12.1 Å². The summed E-state index contributed by atoms with van der Waals surface area (Å²) in [6.45, 7) is 8.27. The molecule has 5 nitrogen and oxygen atoms in total. The Balaban J connectivity index is 3.03. The first-order valence-corrected chi connectivity index (χ1v) is 8.60. The van der Waals surface area contributed by atoms with Crippen LogP contribution in [0.5, 0.6) is 0 Å². The molecule has 0 saturated heterocycles. The van der Waals surface area contributed by atoms with Crippen LogP contribution >= 0.6 is 0 Å². The predicted molar refractivity (Wildman–Crippen MR) is 99.3 cm³/mol. The fourth-order valence-electron chi connectivity index (χ4n) is 2.17. The maximum Gasteiger partial charge on any atom is 0.339 e. The zero-order chi connectivity index (χ0) is 18.7. The molecule has 0 fully saturated rings. The first-order chi connectivity index (χ1) is 12.0. The minimum Gasteiger partial charge on any atom is -0.463 e. The molecule has 0 amide bonds. The number of anilines is 1. The van der Waals surface area contributed by atoms with Crippen LogP contribution in [0.2, 0.25) is 0 Å². The number of carbonyl (C=O) groups excluding carboxylic acids is 2. The molecular weight excluding hydrogens is 318 g/mol. The molecule has 0 bridgehead atoms. The third kappa shape index (κ3) is 6.83. The third-order valence-electron chi connectivity index (χ3n) is 3.68. The van der Waals surface area contributed by atoms with Crippen molar-refractivity contribution < 1.29 is 19.1 Å². The van der Waals surface area contributed by atoms with Crippen LogP contribution in [0.4, 0.5) is 5.69 Å². The average Bonchev–Trinajstić information content (AvgIpc) is 2.61. The molecule has 1 aromatic rings. The number of para-hydroxylation sites is 1. The molecule has 5 heteroatoms. The lowest BCUT2D eigenvalue weighted by atomic mass is 9.97. The van der Waals surface area contributed by atoms with Gasteiger partial charge in [0.05, 0.1) is 18.8 Å². The molecule has 0 aliphatic heterocycles. The lowest BCUT2D eigenvalue weighted by Gasteiger charge is -2.15. The highest BCUT2D eigenvalue weighted by molar-refractivity contribution is 5.94. The molecule has 0 radical (unpaired) electrons. The predicted octanol–water partition coefficient (Wildman–Crippen LogP) is 4.18. The second-order valence-corrected chi connectivity index (χ2v) is 5.45. The summed E-state index contributed by atoms with van der Waals surface area (Å²) in [5.74, 6) is -0.618. The van der Waals surface area contributed by atoms with Gasteiger partial charge in [0.15, 0.2) is 0 Å². The van der Waals surface area contributed by atoms with E-state index in [1.54, 1.807) is 20.0 Å². The Kier molecular flexibility index (Phi) is 9.07. The molecule has 1 aromatic carbocycles. The molecular formula is C20H27NO4. The summed E-state index contributed by atoms with van der Waals surface area (Å²) >= 11 is 0. The molecule has 1 atom stereocenters. The number of rotatable bonds is 9. The highest BCUT2D eigenvalue weighted by atomic mass is 16.5. The van der Waals surface area contributed by atoms with Crippen LogP contribution in [0.25, 0.3) is 0 Å². The van der Waals surface area contributed by atoms with Gasteiger partial charge in [-0.2, -0.15) is 0 Å². The van der Waals surface area contributed by atoms with E-state index in [1.165, 1.54) is 17.7 Å². The third-order valence-corrected chi connectivity index (χ3v) is 3.68. The summed E-state index contributed by atoms with van der Waals surface area (Å²) in [4.78, 5) is 23.6. The summed E-state index contributed by atoms with van der Waals surface area (Å²) in [6, 6.07) is 7.93. The number of ether oxygens (including phenoxy) is 2. The lowest BCUT2D eigenvalue weighted by molar-refractivity contribution is -0.138. The Morgan fingerprint density at radius 2 is 1.76 bits per heavy atom. The number of nitrogens with one attached hydrogen (secondary N) is 1. The number of benzene rings is 1. The lowest BCUT2D eigenvalue weighted by Crippen LogP contribution is -2.09. The van der Waals surface area contributed by atoms with Crippen molar-refractivity contribution >= 4 is 17.6 Å². The van der Waals surface area contributed by atoms with Crippen LogP contribution in [0.1, 0.15) is 45.6 Å². The molecule has 0 saturated carbocycles. The van der Waals surface area contributed by atoms with Crippen molar-refractivity contribution in [3.8, 4) is 0 Å². The molecule has 0 spiro atoms. The van der Waals surface area contributed by atoms with E-state index in [0.29, 0.717) is 5.92 Å². The molecule has 0 aromatic heterocycles. The van der Waals surface area contributed by atoms with Gasteiger partial charge < -0.3 is 14.8 Å². The van der Waals surface area contributed by atoms with E-state index in [-0.39, 0.29) is 18.8 Å². The van der Waals surface area contributed by atoms with Gasteiger partial charge in [0.1, 0.15) is 0 Å². The fraction of sp³-hybridized carbons (Fsp3) is 0.400. The van der Waals surface area contributed by atoms with Crippen molar-refractivity contribution in [3.63, 3.8) is 0 Å². The monoisotopic (exact) mass is 345 g/mol. The summed E-state index contributed by atoms with van der Waals surface area (Å²) in [5.41, 5.74) is 2.33. The van der Waals surface area contributed by atoms with Crippen LogP contribution in [-0.2, 0) is 19.1 Å². The van der Waals surface area contributed by atoms with Crippen LogP contribution in [-0.4, -0.2) is 25.2 Å². The number of carbonyl (C=O) groups is 2. The average molecular weight is 345 g/mol. The van der Waals surface area contributed by atoms with Gasteiger partial charge >= 0.3 is 11.9 Å². The van der Waals surface area contributed by atoms with E-state index < -0.39 is 11.9 Å². The SMILES string of the molecule is CCOC(=O)/C=C/C(=C/Nc1ccccc1C(C)CC)C(=O)OCC. The van der Waals surface area contributed by atoms with Gasteiger partial charge in [0, 0.05) is 18.0 Å². The van der Waals surface area contributed by atoms with E-state index in [9.17, 15) is 9.59 Å². The van der Waals surface area contributed by atoms with Gasteiger partial charge in [0.2, 0.25) is 0 Å².